The van der Waals surface area contributed by atoms with Crippen LogP contribution in [0.4, 0.5) is 5.69 Å². The molecule has 0 aliphatic heterocycles. The van der Waals surface area contributed by atoms with E-state index in [0.29, 0.717) is 13.0 Å². The van der Waals surface area contributed by atoms with Crippen molar-refractivity contribution in [3.8, 4) is 5.75 Å². The first kappa shape index (κ1) is 15.2. The number of aryl methyl sites for hydroxylation is 1. The van der Waals surface area contributed by atoms with Gasteiger partial charge in [-0.3, -0.25) is 4.79 Å². The number of hydrogen-bond donors (Lipinski definition) is 0. The summed E-state index contributed by atoms with van der Waals surface area (Å²) in [7, 11) is 1.72. The van der Waals surface area contributed by atoms with E-state index < -0.39 is 0 Å². The molecule has 0 spiro atoms. The highest BCUT2D eigenvalue weighted by Crippen LogP contribution is 2.24. The largest absolute Gasteiger partial charge is 0.494 e. The van der Waals surface area contributed by atoms with Gasteiger partial charge in [0, 0.05) is 25.6 Å². The normalized spacial score (nSPS) is 10.1. The van der Waals surface area contributed by atoms with Crippen LogP contribution in [0.2, 0.25) is 0 Å². The highest BCUT2D eigenvalue weighted by atomic mass is 16.5. The molecule has 0 N–H and O–H groups in total. The zero-order chi connectivity index (χ0) is 14.4. The van der Waals surface area contributed by atoms with Crippen LogP contribution < -0.4 is 9.64 Å². The Morgan fingerprint density at radius 1 is 1.26 bits per heavy atom. The Bertz CT molecular complexity index is 468. The predicted octanol–water partition coefficient (Wildman–Crippen LogP) is 2.73. The maximum Gasteiger partial charge on any atom is 0.227 e. The number of carbonyl (C=O) groups excluding carboxylic acids is 2. The van der Waals surface area contributed by atoms with Crippen LogP contribution in [-0.4, -0.2) is 25.3 Å². The van der Waals surface area contributed by atoms with E-state index in [2.05, 4.69) is 0 Å². The summed E-state index contributed by atoms with van der Waals surface area (Å²) in [6.07, 6.45) is 0.539. The Morgan fingerprint density at radius 2 is 1.95 bits per heavy atom. The monoisotopic (exact) mass is 263 g/mol. The molecular formula is C15H21NO3. The van der Waals surface area contributed by atoms with E-state index in [-0.39, 0.29) is 18.1 Å². The molecule has 0 fully saturated rings. The van der Waals surface area contributed by atoms with Crippen molar-refractivity contribution in [2.75, 3.05) is 18.6 Å². The fourth-order valence-corrected chi connectivity index (χ4v) is 1.75. The first-order chi connectivity index (χ1) is 8.95. The minimum absolute atomic E-state index is 0.0321. The van der Waals surface area contributed by atoms with Gasteiger partial charge in [0.05, 0.1) is 6.61 Å². The summed E-state index contributed by atoms with van der Waals surface area (Å²) in [6.45, 7) is 6.00. The highest BCUT2D eigenvalue weighted by Gasteiger charge is 2.12. The third-order valence-electron chi connectivity index (χ3n) is 2.91. The lowest BCUT2D eigenvalue weighted by molar-refractivity contribution is -0.122. The van der Waals surface area contributed by atoms with Crippen molar-refractivity contribution >= 4 is 17.4 Å². The molecule has 0 aliphatic rings. The van der Waals surface area contributed by atoms with Crippen molar-refractivity contribution in [1.29, 1.82) is 0 Å². The quantitative estimate of drug-likeness (QED) is 0.792. The summed E-state index contributed by atoms with van der Waals surface area (Å²) in [5.41, 5.74) is 1.81. The minimum Gasteiger partial charge on any atom is -0.494 e. The Balaban J connectivity index is 2.76. The summed E-state index contributed by atoms with van der Waals surface area (Å²) in [5, 5.41) is 0. The molecule has 0 radical (unpaired) electrons. The van der Waals surface area contributed by atoms with Crippen molar-refractivity contribution in [2.45, 2.75) is 33.6 Å². The zero-order valence-electron chi connectivity index (χ0n) is 12.0. The minimum atomic E-state index is -0.0567. The van der Waals surface area contributed by atoms with Gasteiger partial charge < -0.3 is 14.4 Å². The number of anilines is 1. The molecule has 1 aromatic carbocycles. The lowest BCUT2D eigenvalue weighted by Crippen LogP contribution is -2.26. The van der Waals surface area contributed by atoms with Crippen molar-refractivity contribution in [3.05, 3.63) is 23.8 Å². The van der Waals surface area contributed by atoms with Gasteiger partial charge in [-0.25, -0.2) is 0 Å². The molecular weight excluding hydrogens is 242 g/mol. The van der Waals surface area contributed by atoms with Gasteiger partial charge in [0.1, 0.15) is 11.5 Å². The Hall–Kier alpha value is -1.84. The number of carbonyl (C=O) groups is 2. The van der Waals surface area contributed by atoms with Gasteiger partial charge in [-0.2, -0.15) is 0 Å². The van der Waals surface area contributed by atoms with Crippen molar-refractivity contribution in [3.63, 3.8) is 0 Å². The SMILES string of the molecule is CCOc1ccc(N(C)C(=O)CCC(C)=O)cc1C. The number of hydrogen-bond acceptors (Lipinski definition) is 3. The van der Waals surface area contributed by atoms with Crippen LogP contribution in [0.5, 0.6) is 5.75 Å². The fraction of sp³-hybridized carbons (Fsp3) is 0.467. The average Bonchev–Trinajstić information content (AvgIpc) is 2.37. The topological polar surface area (TPSA) is 46.6 Å². The van der Waals surface area contributed by atoms with Crippen LogP contribution in [-0.2, 0) is 9.59 Å². The van der Waals surface area contributed by atoms with Gasteiger partial charge in [0.25, 0.3) is 0 Å². The average molecular weight is 263 g/mol. The van der Waals surface area contributed by atoms with Crippen LogP contribution >= 0.6 is 0 Å². The standard InChI is InChI=1S/C15H21NO3/c1-5-19-14-8-7-13(10-11(14)2)16(4)15(18)9-6-12(3)17/h7-8,10H,5-6,9H2,1-4H3. The summed E-state index contributed by atoms with van der Waals surface area (Å²) in [4.78, 5) is 24.4. The maximum absolute atomic E-state index is 11.9. The van der Waals surface area contributed by atoms with Crippen LogP contribution in [0.25, 0.3) is 0 Å². The van der Waals surface area contributed by atoms with E-state index in [1.54, 1.807) is 11.9 Å². The number of benzene rings is 1. The maximum atomic E-state index is 11.9. The Kier molecular flexibility index (Phi) is 5.55. The molecule has 0 saturated carbocycles. The third-order valence-corrected chi connectivity index (χ3v) is 2.91. The number of ether oxygens (including phenoxy) is 1. The van der Waals surface area contributed by atoms with E-state index in [1.807, 2.05) is 32.0 Å². The molecule has 0 atom stereocenters. The van der Waals surface area contributed by atoms with E-state index in [9.17, 15) is 9.59 Å². The molecule has 4 nitrogen and oxygen atoms in total. The second kappa shape index (κ2) is 6.92. The van der Waals surface area contributed by atoms with E-state index >= 15 is 0 Å². The number of nitrogens with zero attached hydrogens (tertiary/aromatic N) is 1. The highest BCUT2D eigenvalue weighted by molar-refractivity contribution is 5.95. The first-order valence-corrected chi connectivity index (χ1v) is 6.45. The van der Waals surface area contributed by atoms with Crippen LogP contribution in [0.3, 0.4) is 0 Å². The number of Topliss-reactive ketones (excluding diaryl/α,β-unsaturated/α-hetero) is 1. The summed E-state index contributed by atoms with van der Waals surface area (Å²) < 4.78 is 5.46. The Labute approximate surface area is 114 Å². The molecule has 19 heavy (non-hydrogen) atoms. The van der Waals surface area contributed by atoms with Gasteiger partial charge in [-0.1, -0.05) is 0 Å². The second-order valence-corrected chi connectivity index (χ2v) is 4.54. The van der Waals surface area contributed by atoms with Crippen molar-refractivity contribution in [1.82, 2.24) is 0 Å². The summed E-state index contributed by atoms with van der Waals surface area (Å²) in [5.74, 6) is 0.805. The molecule has 4 heteroatoms. The molecule has 1 amide bonds. The molecule has 0 bridgehead atoms. The van der Waals surface area contributed by atoms with Gasteiger partial charge in [0.2, 0.25) is 5.91 Å². The molecule has 0 aliphatic carbocycles. The zero-order valence-corrected chi connectivity index (χ0v) is 12.0. The molecule has 104 valence electrons. The van der Waals surface area contributed by atoms with E-state index in [4.69, 9.17) is 4.74 Å². The van der Waals surface area contributed by atoms with Gasteiger partial charge in [0.15, 0.2) is 0 Å². The lowest BCUT2D eigenvalue weighted by atomic mass is 10.1. The molecule has 0 saturated heterocycles. The van der Waals surface area contributed by atoms with Crippen LogP contribution in [0.1, 0.15) is 32.3 Å². The van der Waals surface area contributed by atoms with E-state index in [0.717, 1.165) is 17.0 Å². The van der Waals surface area contributed by atoms with Crippen LogP contribution in [0.15, 0.2) is 18.2 Å². The summed E-state index contributed by atoms with van der Waals surface area (Å²) >= 11 is 0. The predicted molar refractivity (Wildman–Crippen MR) is 75.7 cm³/mol. The second-order valence-electron chi connectivity index (χ2n) is 4.54. The molecule has 1 aromatic rings. The summed E-state index contributed by atoms with van der Waals surface area (Å²) in [6, 6.07) is 5.63. The van der Waals surface area contributed by atoms with Crippen LogP contribution in [0, 0.1) is 6.92 Å². The third kappa shape index (κ3) is 4.39. The molecule has 1 rings (SSSR count). The van der Waals surface area contributed by atoms with Gasteiger partial charge >= 0.3 is 0 Å². The van der Waals surface area contributed by atoms with Gasteiger partial charge in [-0.15, -0.1) is 0 Å². The number of amides is 1. The number of rotatable bonds is 6. The van der Waals surface area contributed by atoms with Gasteiger partial charge in [-0.05, 0) is 44.5 Å². The Morgan fingerprint density at radius 3 is 2.47 bits per heavy atom. The molecule has 0 unspecified atom stereocenters. The lowest BCUT2D eigenvalue weighted by Gasteiger charge is -2.18. The van der Waals surface area contributed by atoms with E-state index in [1.165, 1.54) is 6.92 Å². The first-order valence-electron chi connectivity index (χ1n) is 6.45. The number of ketones is 1. The molecule has 0 heterocycles. The van der Waals surface area contributed by atoms with Crippen molar-refractivity contribution in [2.24, 2.45) is 0 Å². The smallest absolute Gasteiger partial charge is 0.227 e. The fourth-order valence-electron chi connectivity index (χ4n) is 1.75. The van der Waals surface area contributed by atoms with Crippen molar-refractivity contribution < 1.29 is 14.3 Å². The molecule has 0 aromatic heterocycles.